The smallest absolute Gasteiger partial charge is 0.259 e. The SMILES string of the molecule is COc1cc(C(=O)NCC(=O)N/N=C\c2ccc(OCc3ccccc3)cc2)cc(OC)c1OC. The first kappa shape index (κ1) is 25.1. The summed E-state index contributed by atoms with van der Waals surface area (Å²) in [4.78, 5) is 24.5. The second-order valence-electron chi connectivity index (χ2n) is 7.23. The minimum absolute atomic E-state index is 0.255. The second-order valence-corrected chi connectivity index (χ2v) is 7.23. The van der Waals surface area contributed by atoms with Crippen molar-refractivity contribution in [2.75, 3.05) is 27.9 Å². The molecule has 0 aromatic heterocycles. The number of carbonyl (C=O) groups excluding carboxylic acids is 2. The Hall–Kier alpha value is -4.53. The van der Waals surface area contributed by atoms with Crippen molar-refractivity contribution in [1.29, 1.82) is 0 Å². The molecule has 0 fully saturated rings. The van der Waals surface area contributed by atoms with E-state index in [2.05, 4.69) is 15.8 Å². The number of methoxy groups -OCH3 is 3. The van der Waals surface area contributed by atoms with Gasteiger partial charge in [0.05, 0.1) is 34.1 Å². The summed E-state index contributed by atoms with van der Waals surface area (Å²) in [6.07, 6.45) is 1.50. The molecule has 0 saturated carbocycles. The van der Waals surface area contributed by atoms with Crippen molar-refractivity contribution in [3.05, 3.63) is 83.4 Å². The molecule has 3 aromatic carbocycles. The Balaban J connectivity index is 1.47. The van der Waals surface area contributed by atoms with Crippen molar-refractivity contribution in [3.8, 4) is 23.0 Å². The molecule has 0 aliphatic carbocycles. The molecule has 3 rings (SSSR count). The van der Waals surface area contributed by atoms with E-state index in [1.807, 2.05) is 54.6 Å². The van der Waals surface area contributed by atoms with Crippen LogP contribution in [0.2, 0.25) is 0 Å². The van der Waals surface area contributed by atoms with Crippen LogP contribution in [0, 0.1) is 0 Å². The maximum absolute atomic E-state index is 12.5. The van der Waals surface area contributed by atoms with E-state index in [-0.39, 0.29) is 12.1 Å². The van der Waals surface area contributed by atoms with E-state index >= 15 is 0 Å². The van der Waals surface area contributed by atoms with Gasteiger partial charge in [0.1, 0.15) is 12.4 Å². The van der Waals surface area contributed by atoms with E-state index < -0.39 is 11.8 Å². The largest absolute Gasteiger partial charge is 0.493 e. The molecule has 0 heterocycles. The average Bonchev–Trinajstić information content (AvgIpc) is 2.90. The number of hydrogen-bond acceptors (Lipinski definition) is 7. The van der Waals surface area contributed by atoms with E-state index in [1.165, 1.54) is 39.7 Å². The molecule has 0 atom stereocenters. The van der Waals surface area contributed by atoms with Crippen LogP contribution in [0.4, 0.5) is 0 Å². The molecule has 0 spiro atoms. The number of hydrogen-bond donors (Lipinski definition) is 2. The summed E-state index contributed by atoms with van der Waals surface area (Å²) in [6, 6.07) is 20.2. The number of amides is 2. The quantitative estimate of drug-likeness (QED) is 0.325. The molecule has 9 heteroatoms. The Labute approximate surface area is 203 Å². The van der Waals surface area contributed by atoms with Gasteiger partial charge in [-0.3, -0.25) is 9.59 Å². The van der Waals surface area contributed by atoms with Gasteiger partial charge in [0.15, 0.2) is 11.5 Å². The van der Waals surface area contributed by atoms with Gasteiger partial charge in [-0.2, -0.15) is 5.10 Å². The fraction of sp³-hybridized carbons (Fsp3) is 0.192. The zero-order chi connectivity index (χ0) is 25.0. The second kappa shape index (κ2) is 12.6. The molecule has 0 aliphatic heterocycles. The summed E-state index contributed by atoms with van der Waals surface area (Å²) in [5.74, 6) is 0.809. The first-order valence-corrected chi connectivity index (χ1v) is 10.7. The predicted octanol–water partition coefficient (Wildman–Crippen LogP) is 3.17. The lowest BCUT2D eigenvalue weighted by atomic mass is 10.1. The number of hydrazone groups is 1. The highest BCUT2D eigenvalue weighted by atomic mass is 16.5. The Morgan fingerprint density at radius 2 is 1.54 bits per heavy atom. The monoisotopic (exact) mass is 477 g/mol. The summed E-state index contributed by atoms with van der Waals surface area (Å²) in [5.41, 5.74) is 4.49. The van der Waals surface area contributed by atoms with Crippen molar-refractivity contribution < 1.29 is 28.5 Å². The van der Waals surface area contributed by atoms with Gasteiger partial charge in [-0.1, -0.05) is 30.3 Å². The molecular formula is C26H27N3O6. The zero-order valence-corrected chi connectivity index (χ0v) is 19.7. The molecule has 0 saturated heterocycles. The van der Waals surface area contributed by atoms with Crippen molar-refractivity contribution in [2.24, 2.45) is 5.10 Å². The lowest BCUT2D eigenvalue weighted by Crippen LogP contribution is -2.34. The average molecular weight is 478 g/mol. The lowest BCUT2D eigenvalue weighted by Gasteiger charge is -2.14. The molecule has 2 N–H and O–H groups in total. The van der Waals surface area contributed by atoms with E-state index in [0.717, 1.165) is 16.9 Å². The molecule has 0 unspecified atom stereocenters. The third-order valence-corrected chi connectivity index (χ3v) is 4.87. The van der Waals surface area contributed by atoms with Gasteiger partial charge in [-0.25, -0.2) is 5.43 Å². The van der Waals surface area contributed by atoms with E-state index in [0.29, 0.717) is 23.9 Å². The molecule has 9 nitrogen and oxygen atoms in total. The van der Waals surface area contributed by atoms with Crippen molar-refractivity contribution >= 4 is 18.0 Å². The number of rotatable bonds is 11. The van der Waals surface area contributed by atoms with Crippen LogP contribution in [0.3, 0.4) is 0 Å². The Bertz CT molecular complexity index is 1140. The molecule has 2 amide bonds. The summed E-state index contributed by atoms with van der Waals surface area (Å²) in [5, 5.41) is 6.45. The topological polar surface area (TPSA) is 107 Å². The first-order chi connectivity index (χ1) is 17.0. The molecule has 0 bridgehead atoms. The Morgan fingerprint density at radius 1 is 0.886 bits per heavy atom. The lowest BCUT2D eigenvalue weighted by molar-refractivity contribution is -0.120. The van der Waals surface area contributed by atoms with Crippen LogP contribution in [0.5, 0.6) is 23.0 Å². The third kappa shape index (κ3) is 7.23. The molecule has 0 radical (unpaired) electrons. The number of carbonyl (C=O) groups is 2. The van der Waals surface area contributed by atoms with Gasteiger partial charge in [0, 0.05) is 5.56 Å². The molecule has 0 aliphatic rings. The van der Waals surface area contributed by atoms with Crippen LogP contribution in [0.1, 0.15) is 21.5 Å². The third-order valence-electron chi connectivity index (χ3n) is 4.87. The first-order valence-electron chi connectivity index (χ1n) is 10.7. The van der Waals surface area contributed by atoms with Crippen molar-refractivity contribution in [2.45, 2.75) is 6.61 Å². The minimum atomic E-state index is -0.482. The predicted molar refractivity (Wildman–Crippen MR) is 131 cm³/mol. The van der Waals surface area contributed by atoms with Crippen LogP contribution < -0.4 is 29.7 Å². The molecule has 35 heavy (non-hydrogen) atoms. The Morgan fingerprint density at radius 3 is 2.14 bits per heavy atom. The summed E-state index contributed by atoms with van der Waals surface area (Å²) < 4.78 is 21.5. The number of nitrogens with one attached hydrogen (secondary N) is 2. The van der Waals surface area contributed by atoms with Gasteiger partial charge >= 0.3 is 0 Å². The van der Waals surface area contributed by atoms with Crippen molar-refractivity contribution in [3.63, 3.8) is 0 Å². The van der Waals surface area contributed by atoms with Crippen LogP contribution in [0.25, 0.3) is 0 Å². The van der Waals surface area contributed by atoms with Gasteiger partial charge in [0.2, 0.25) is 5.75 Å². The van der Waals surface area contributed by atoms with E-state index in [4.69, 9.17) is 18.9 Å². The van der Waals surface area contributed by atoms with Gasteiger partial charge in [-0.05, 0) is 47.5 Å². The number of ether oxygens (including phenoxy) is 4. The fourth-order valence-electron chi connectivity index (χ4n) is 3.08. The highest BCUT2D eigenvalue weighted by Gasteiger charge is 2.17. The highest BCUT2D eigenvalue weighted by molar-refractivity contribution is 5.97. The van der Waals surface area contributed by atoms with Gasteiger partial charge < -0.3 is 24.3 Å². The molecule has 3 aromatic rings. The summed E-state index contributed by atoms with van der Waals surface area (Å²) in [6.45, 7) is 0.214. The standard InChI is InChI=1S/C26H27N3O6/c1-32-22-13-20(14-23(33-2)25(22)34-3)26(31)27-16-24(30)29-28-15-18-9-11-21(12-10-18)35-17-19-7-5-4-6-8-19/h4-15H,16-17H2,1-3H3,(H,27,31)(H,29,30)/b28-15-. The number of benzene rings is 3. The van der Waals surface area contributed by atoms with Gasteiger partial charge in [-0.15, -0.1) is 0 Å². The molecular weight excluding hydrogens is 450 g/mol. The normalized spacial score (nSPS) is 10.5. The van der Waals surface area contributed by atoms with E-state index in [9.17, 15) is 9.59 Å². The molecule has 182 valence electrons. The fourth-order valence-corrected chi connectivity index (χ4v) is 3.08. The van der Waals surface area contributed by atoms with Crippen LogP contribution in [-0.2, 0) is 11.4 Å². The summed E-state index contributed by atoms with van der Waals surface area (Å²) >= 11 is 0. The maximum Gasteiger partial charge on any atom is 0.259 e. The van der Waals surface area contributed by atoms with Crippen LogP contribution in [-0.4, -0.2) is 45.9 Å². The van der Waals surface area contributed by atoms with Crippen molar-refractivity contribution in [1.82, 2.24) is 10.7 Å². The minimum Gasteiger partial charge on any atom is -0.493 e. The highest BCUT2D eigenvalue weighted by Crippen LogP contribution is 2.38. The van der Waals surface area contributed by atoms with E-state index in [1.54, 1.807) is 0 Å². The number of nitrogens with zero attached hydrogens (tertiary/aromatic N) is 1. The maximum atomic E-state index is 12.5. The summed E-state index contributed by atoms with van der Waals surface area (Å²) in [7, 11) is 4.38. The van der Waals surface area contributed by atoms with Crippen LogP contribution >= 0.6 is 0 Å². The zero-order valence-electron chi connectivity index (χ0n) is 19.7. The van der Waals surface area contributed by atoms with Crippen LogP contribution in [0.15, 0.2) is 71.8 Å². The Kier molecular flexibility index (Phi) is 9.07. The van der Waals surface area contributed by atoms with Gasteiger partial charge in [0.25, 0.3) is 11.8 Å².